The van der Waals surface area contributed by atoms with Crippen molar-refractivity contribution in [3.05, 3.63) is 35.8 Å². The molecule has 0 spiro atoms. The zero-order chi connectivity index (χ0) is 17.0. The van der Waals surface area contributed by atoms with E-state index in [1.165, 1.54) is 6.92 Å². The van der Waals surface area contributed by atoms with Crippen molar-refractivity contribution in [2.75, 3.05) is 24.3 Å². The monoisotopic (exact) mass is 311 g/mol. The molecule has 6 heteroatoms. The molecule has 23 heavy (non-hydrogen) atoms. The fourth-order valence-electron chi connectivity index (χ4n) is 2.28. The normalized spacial score (nSPS) is 10.8. The summed E-state index contributed by atoms with van der Waals surface area (Å²) in [5.41, 5.74) is 4.02. The summed E-state index contributed by atoms with van der Waals surface area (Å²) in [6.07, 6.45) is 5.16. The molecule has 0 atom stereocenters. The number of anilines is 3. The van der Waals surface area contributed by atoms with E-state index in [9.17, 15) is 4.79 Å². The summed E-state index contributed by atoms with van der Waals surface area (Å²) in [6.45, 7) is 5.33. The Morgan fingerprint density at radius 3 is 2.61 bits per heavy atom. The predicted octanol–water partition coefficient (Wildman–Crippen LogP) is 3.52. The van der Waals surface area contributed by atoms with Crippen LogP contribution in [0.2, 0.25) is 0 Å². The van der Waals surface area contributed by atoms with Gasteiger partial charge in [0.1, 0.15) is 17.2 Å². The van der Waals surface area contributed by atoms with Crippen molar-refractivity contribution in [3.63, 3.8) is 0 Å². The first-order chi connectivity index (χ1) is 11.0. The van der Waals surface area contributed by atoms with Gasteiger partial charge in [-0.25, -0.2) is 4.98 Å². The lowest BCUT2D eigenvalue weighted by molar-refractivity contribution is 0.101. The molecule has 6 nitrogen and oxygen atoms in total. The fraction of sp³-hybridized carbons (Fsp3) is 0.294. The number of carbonyl (C=O) groups is 1. The number of hydrogen-bond donors (Lipinski definition) is 1. The second-order valence-corrected chi connectivity index (χ2v) is 5.17. The number of aromatic nitrogens is 2. The summed E-state index contributed by atoms with van der Waals surface area (Å²) in [5, 5.41) is 3.13. The highest BCUT2D eigenvalue weighted by atomic mass is 16.1. The van der Waals surface area contributed by atoms with Crippen molar-refractivity contribution in [1.82, 2.24) is 9.97 Å². The van der Waals surface area contributed by atoms with Crippen LogP contribution < -0.4 is 10.2 Å². The maximum absolute atomic E-state index is 11.4. The highest BCUT2D eigenvalue weighted by Gasteiger charge is 2.13. The minimum absolute atomic E-state index is 0.0420. The number of hydrogen-bond acceptors (Lipinski definition) is 6. The number of aliphatic imine (C=N–C) groups is 1. The fourth-order valence-corrected chi connectivity index (χ4v) is 2.28. The molecule has 2 aromatic rings. The molecule has 0 aliphatic heterocycles. The minimum Gasteiger partial charge on any atom is -0.386 e. The molecular formula is C17H21N5O. The van der Waals surface area contributed by atoms with E-state index in [0.29, 0.717) is 5.69 Å². The first-order valence-corrected chi connectivity index (χ1v) is 7.35. The molecule has 0 unspecified atom stereocenters. The van der Waals surface area contributed by atoms with Crippen LogP contribution in [0.25, 0.3) is 0 Å². The number of pyridine rings is 2. The van der Waals surface area contributed by atoms with Gasteiger partial charge >= 0.3 is 0 Å². The highest BCUT2D eigenvalue weighted by molar-refractivity contribution is 5.92. The van der Waals surface area contributed by atoms with Crippen LogP contribution in [0.5, 0.6) is 0 Å². The number of nitrogens with zero attached hydrogens (tertiary/aromatic N) is 4. The average molecular weight is 311 g/mol. The smallest absolute Gasteiger partial charge is 0.178 e. The lowest BCUT2D eigenvalue weighted by Crippen LogP contribution is -2.14. The molecule has 2 heterocycles. The summed E-state index contributed by atoms with van der Waals surface area (Å²) in [7, 11) is 3.77. The van der Waals surface area contributed by atoms with Gasteiger partial charge in [0.05, 0.1) is 23.8 Å². The van der Waals surface area contributed by atoms with Gasteiger partial charge in [0.2, 0.25) is 0 Å². The SMILES string of the molecule is CC=Nc1cnc(N(C)c2cnc(C(C)=O)cc2C)cc1NC. The van der Waals surface area contributed by atoms with Gasteiger partial charge in [-0.15, -0.1) is 0 Å². The Morgan fingerprint density at radius 2 is 2.04 bits per heavy atom. The predicted molar refractivity (Wildman–Crippen MR) is 94.7 cm³/mol. The number of rotatable bonds is 5. The van der Waals surface area contributed by atoms with E-state index in [1.54, 1.807) is 24.7 Å². The molecule has 0 amide bonds. The van der Waals surface area contributed by atoms with Crippen molar-refractivity contribution in [3.8, 4) is 0 Å². The molecule has 0 fully saturated rings. The molecule has 0 aliphatic rings. The van der Waals surface area contributed by atoms with Crippen LogP contribution in [0.3, 0.4) is 0 Å². The van der Waals surface area contributed by atoms with Crippen molar-refractivity contribution in [1.29, 1.82) is 0 Å². The number of carbonyl (C=O) groups excluding carboxylic acids is 1. The summed E-state index contributed by atoms with van der Waals surface area (Å²) >= 11 is 0. The Bertz CT molecular complexity index is 755. The van der Waals surface area contributed by atoms with Gasteiger partial charge in [0.15, 0.2) is 5.78 Å². The Balaban J connectivity index is 2.40. The second-order valence-electron chi connectivity index (χ2n) is 5.17. The van der Waals surface area contributed by atoms with Crippen molar-refractivity contribution >= 4 is 34.9 Å². The molecule has 0 saturated carbocycles. The van der Waals surface area contributed by atoms with E-state index in [-0.39, 0.29) is 5.78 Å². The van der Waals surface area contributed by atoms with E-state index in [4.69, 9.17) is 0 Å². The Kier molecular flexibility index (Phi) is 5.05. The van der Waals surface area contributed by atoms with Gasteiger partial charge in [0, 0.05) is 33.3 Å². The standard InChI is InChI=1S/C17H21N5O/c1-6-19-15-9-21-17(8-14(15)18-4)22(5)16-10-20-13(12(3)23)7-11(16)2/h6-10H,1-5H3,(H,18,21). The Labute approximate surface area is 136 Å². The lowest BCUT2D eigenvalue weighted by atomic mass is 10.1. The number of Topliss-reactive ketones (excluding diaryl/α,β-unsaturated/α-hetero) is 1. The molecule has 2 aromatic heterocycles. The maximum Gasteiger partial charge on any atom is 0.178 e. The summed E-state index contributed by atoms with van der Waals surface area (Å²) in [4.78, 5) is 26.3. The van der Waals surface area contributed by atoms with Crippen molar-refractivity contribution in [2.45, 2.75) is 20.8 Å². The van der Waals surface area contributed by atoms with E-state index in [1.807, 2.05) is 38.9 Å². The molecule has 120 valence electrons. The van der Waals surface area contributed by atoms with Crippen molar-refractivity contribution < 1.29 is 4.79 Å². The topological polar surface area (TPSA) is 70.5 Å². The maximum atomic E-state index is 11.4. The van der Waals surface area contributed by atoms with Crippen LogP contribution in [0.1, 0.15) is 29.9 Å². The van der Waals surface area contributed by atoms with E-state index in [2.05, 4.69) is 20.3 Å². The van der Waals surface area contributed by atoms with Crippen LogP contribution in [-0.4, -0.2) is 36.1 Å². The van der Waals surface area contributed by atoms with Crippen LogP contribution in [0.15, 0.2) is 29.5 Å². The third kappa shape index (κ3) is 3.53. The van der Waals surface area contributed by atoms with Crippen LogP contribution >= 0.6 is 0 Å². The molecule has 2 rings (SSSR count). The van der Waals surface area contributed by atoms with Gasteiger partial charge in [-0.05, 0) is 25.5 Å². The minimum atomic E-state index is -0.0420. The molecule has 0 radical (unpaired) electrons. The Morgan fingerprint density at radius 1 is 1.30 bits per heavy atom. The summed E-state index contributed by atoms with van der Waals surface area (Å²) < 4.78 is 0. The first-order valence-electron chi connectivity index (χ1n) is 7.35. The third-order valence-electron chi connectivity index (χ3n) is 3.55. The van der Waals surface area contributed by atoms with Gasteiger partial charge in [0.25, 0.3) is 0 Å². The molecular weight excluding hydrogens is 290 g/mol. The molecule has 0 aliphatic carbocycles. The first kappa shape index (κ1) is 16.6. The summed E-state index contributed by atoms with van der Waals surface area (Å²) in [6, 6.07) is 3.73. The third-order valence-corrected chi connectivity index (χ3v) is 3.55. The van der Waals surface area contributed by atoms with Gasteiger partial charge < -0.3 is 10.2 Å². The van der Waals surface area contributed by atoms with Crippen LogP contribution in [0, 0.1) is 6.92 Å². The highest BCUT2D eigenvalue weighted by Crippen LogP contribution is 2.31. The second kappa shape index (κ2) is 7.00. The quantitative estimate of drug-likeness (QED) is 0.676. The molecule has 0 bridgehead atoms. The zero-order valence-electron chi connectivity index (χ0n) is 14.1. The largest absolute Gasteiger partial charge is 0.386 e. The van der Waals surface area contributed by atoms with Gasteiger partial charge in [-0.1, -0.05) is 0 Å². The van der Waals surface area contributed by atoms with Gasteiger partial charge in [-0.3, -0.25) is 14.8 Å². The summed E-state index contributed by atoms with van der Waals surface area (Å²) in [5.74, 6) is 0.726. The molecule has 0 saturated heterocycles. The molecule has 0 aromatic carbocycles. The number of ketones is 1. The van der Waals surface area contributed by atoms with Crippen LogP contribution in [0.4, 0.5) is 22.9 Å². The van der Waals surface area contributed by atoms with E-state index in [0.717, 1.165) is 28.4 Å². The van der Waals surface area contributed by atoms with E-state index >= 15 is 0 Å². The van der Waals surface area contributed by atoms with E-state index < -0.39 is 0 Å². The van der Waals surface area contributed by atoms with Crippen molar-refractivity contribution in [2.24, 2.45) is 4.99 Å². The Hall–Kier alpha value is -2.76. The lowest BCUT2D eigenvalue weighted by Gasteiger charge is -2.21. The number of aryl methyl sites for hydroxylation is 1. The molecule has 1 N–H and O–H groups in total. The average Bonchev–Trinajstić information content (AvgIpc) is 2.54. The number of nitrogens with one attached hydrogen (secondary N) is 1. The van der Waals surface area contributed by atoms with Gasteiger partial charge in [-0.2, -0.15) is 0 Å². The van der Waals surface area contributed by atoms with Crippen LogP contribution in [-0.2, 0) is 0 Å². The zero-order valence-corrected chi connectivity index (χ0v) is 14.1.